The number of rotatable bonds is 7. The molecule has 3 rings (SSSR count). The molecule has 1 amide bonds. The van der Waals surface area contributed by atoms with Crippen molar-refractivity contribution in [1.82, 2.24) is 0 Å². The number of amides is 1. The van der Waals surface area contributed by atoms with Crippen LogP contribution in [0.3, 0.4) is 0 Å². The van der Waals surface area contributed by atoms with E-state index in [0.717, 1.165) is 17.5 Å². The fourth-order valence-corrected chi connectivity index (χ4v) is 3.10. The molecule has 0 spiro atoms. The van der Waals surface area contributed by atoms with Crippen molar-refractivity contribution < 1.29 is 24.2 Å². The molecule has 2 aromatic rings. The number of fused-ring (bicyclic) bond motifs is 1. The molecule has 6 nitrogen and oxygen atoms in total. The van der Waals surface area contributed by atoms with Crippen LogP contribution in [0.2, 0.25) is 0 Å². The number of ether oxygens (including phenoxy) is 2. The Morgan fingerprint density at radius 3 is 2.78 bits per heavy atom. The van der Waals surface area contributed by atoms with E-state index in [2.05, 4.69) is 5.32 Å². The largest absolute Gasteiger partial charge is 0.483 e. The van der Waals surface area contributed by atoms with Crippen molar-refractivity contribution in [3.05, 3.63) is 53.6 Å². The van der Waals surface area contributed by atoms with Gasteiger partial charge in [0.1, 0.15) is 5.60 Å². The molecule has 0 aromatic heterocycles. The Labute approximate surface area is 158 Å². The topological polar surface area (TPSA) is 84.9 Å². The standard InChI is InChI=1S/C21H23NO5/c1-21(2)12-15-6-4-8-17(20(15)27-21)26-13-18(23)22-16-7-3-5-14(11-16)9-10-19(24)25/h3-8,11H,9-10,12-13H2,1-2H3,(H,22,23)(H,24,25). The lowest BCUT2D eigenvalue weighted by molar-refractivity contribution is -0.137. The lowest BCUT2D eigenvalue weighted by Gasteiger charge is -2.18. The second kappa shape index (κ2) is 7.70. The normalized spacial score (nSPS) is 14.1. The Morgan fingerprint density at radius 1 is 1.22 bits per heavy atom. The van der Waals surface area contributed by atoms with Gasteiger partial charge in [-0.1, -0.05) is 24.3 Å². The fourth-order valence-electron chi connectivity index (χ4n) is 3.10. The quantitative estimate of drug-likeness (QED) is 0.781. The van der Waals surface area contributed by atoms with E-state index in [1.807, 2.05) is 32.0 Å². The van der Waals surface area contributed by atoms with Crippen LogP contribution < -0.4 is 14.8 Å². The molecule has 27 heavy (non-hydrogen) atoms. The number of carboxylic acids is 1. The molecule has 1 aliphatic rings. The van der Waals surface area contributed by atoms with Crippen molar-refractivity contribution in [3.63, 3.8) is 0 Å². The third-order valence-corrected chi connectivity index (χ3v) is 4.25. The van der Waals surface area contributed by atoms with Gasteiger partial charge in [0, 0.05) is 24.1 Å². The summed E-state index contributed by atoms with van der Waals surface area (Å²) in [7, 11) is 0. The monoisotopic (exact) mass is 369 g/mol. The molecule has 1 aliphatic heterocycles. The van der Waals surface area contributed by atoms with E-state index in [4.69, 9.17) is 14.6 Å². The minimum atomic E-state index is -0.848. The number of para-hydroxylation sites is 1. The molecule has 6 heteroatoms. The molecule has 0 radical (unpaired) electrons. The van der Waals surface area contributed by atoms with Crippen LogP contribution in [-0.2, 0) is 22.4 Å². The van der Waals surface area contributed by atoms with E-state index in [1.54, 1.807) is 24.3 Å². The third kappa shape index (κ3) is 5.00. The average molecular weight is 369 g/mol. The summed E-state index contributed by atoms with van der Waals surface area (Å²) in [6.45, 7) is 3.89. The molecule has 0 fully saturated rings. The van der Waals surface area contributed by atoms with Gasteiger partial charge < -0.3 is 19.9 Å². The van der Waals surface area contributed by atoms with Crippen LogP contribution in [-0.4, -0.2) is 29.2 Å². The molecule has 0 aliphatic carbocycles. The van der Waals surface area contributed by atoms with E-state index in [-0.39, 0.29) is 24.5 Å². The maximum absolute atomic E-state index is 12.2. The number of carboxylic acid groups (broad SMARTS) is 1. The molecule has 142 valence electrons. The number of anilines is 1. The highest BCUT2D eigenvalue weighted by atomic mass is 16.5. The van der Waals surface area contributed by atoms with Crippen LogP contribution in [0.15, 0.2) is 42.5 Å². The molecule has 2 aromatic carbocycles. The summed E-state index contributed by atoms with van der Waals surface area (Å²) in [4.78, 5) is 22.9. The zero-order valence-electron chi connectivity index (χ0n) is 15.5. The summed E-state index contributed by atoms with van der Waals surface area (Å²) in [5, 5.41) is 11.5. The number of carbonyl (C=O) groups is 2. The summed E-state index contributed by atoms with van der Waals surface area (Å²) < 4.78 is 11.6. The van der Waals surface area contributed by atoms with Crippen LogP contribution in [0.4, 0.5) is 5.69 Å². The molecular weight excluding hydrogens is 346 g/mol. The van der Waals surface area contributed by atoms with Crippen LogP contribution in [0, 0.1) is 0 Å². The Bertz CT molecular complexity index is 859. The van der Waals surface area contributed by atoms with Gasteiger partial charge in [0.15, 0.2) is 18.1 Å². The van der Waals surface area contributed by atoms with E-state index in [1.165, 1.54) is 0 Å². The maximum Gasteiger partial charge on any atom is 0.303 e. The van der Waals surface area contributed by atoms with E-state index in [9.17, 15) is 9.59 Å². The lowest BCUT2D eigenvalue weighted by Crippen LogP contribution is -2.25. The average Bonchev–Trinajstić information content (AvgIpc) is 2.93. The van der Waals surface area contributed by atoms with E-state index < -0.39 is 5.97 Å². The number of hydrogen-bond acceptors (Lipinski definition) is 4. The zero-order valence-corrected chi connectivity index (χ0v) is 15.5. The van der Waals surface area contributed by atoms with Crippen LogP contribution >= 0.6 is 0 Å². The van der Waals surface area contributed by atoms with Gasteiger partial charge in [-0.2, -0.15) is 0 Å². The van der Waals surface area contributed by atoms with E-state index in [0.29, 0.717) is 23.6 Å². The van der Waals surface area contributed by atoms with Crippen molar-refractivity contribution in [2.45, 2.75) is 38.7 Å². The molecule has 0 bridgehead atoms. The Balaban J connectivity index is 1.58. The highest BCUT2D eigenvalue weighted by Gasteiger charge is 2.32. The predicted molar refractivity (Wildman–Crippen MR) is 101 cm³/mol. The first-order valence-electron chi connectivity index (χ1n) is 8.87. The zero-order chi connectivity index (χ0) is 19.4. The van der Waals surface area contributed by atoms with Gasteiger partial charge in [0.05, 0.1) is 0 Å². The minimum Gasteiger partial charge on any atom is -0.483 e. The molecule has 0 saturated carbocycles. The number of nitrogens with one attached hydrogen (secondary N) is 1. The SMILES string of the molecule is CC1(C)Cc2cccc(OCC(=O)Nc3cccc(CCC(=O)O)c3)c2O1. The number of carbonyl (C=O) groups excluding carboxylic acids is 1. The minimum absolute atomic E-state index is 0.0516. The van der Waals surface area contributed by atoms with Crippen LogP contribution in [0.25, 0.3) is 0 Å². The second-order valence-corrected chi connectivity index (χ2v) is 7.21. The van der Waals surface area contributed by atoms with Crippen molar-refractivity contribution in [3.8, 4) is 11.5 Å². The first-order valence-corrected chi connectivity index (χ1v) is 8.87. The van der Waals surface area contributed by atoms with E-state index >= 15 is 0 Å². The van der Waals surface area contributed by atoms with Crippen molar-refractivity contribution in [1.29, 1.82) is 0 Å². The second-order valence-electron chi connectivity index (χ2n) is 7.21. The van der Waals surface area contributed by atoms with Gasteiger partial charge in [-0.3, -0.25) is 9.59 Å². The summed E-state index contributed by atoms with van der Waals surface area (Å²) in [6, 6.07) is 12.8. The highest BCUT2D eigenvalue weighted by molar-refractivity contribution is 5.92. The summed E-state index contributed by atoms with van der Waals surface area (Å²) in [5.74, 6) is 0.119. The smallest absolute Gasteiger partial charge is 0.303 e. The molecule has 0 unspecified atom stereocenters. The Morgan fingerprint density at radius 2 is 2.00 bits per heavy atom. The number of benzene rings is 2. The van der Waals surface area contributed by atoms with Gasteiger partial charge in [-0.15, -0.1) is 0 Å². The first kappa shape index (κ1) is 18.8. The highest BCUT2D eigenvalue weighted by Crippen LogP contribution is 2.41. The summed E-state index contributed by atoms with van der Waals surface area (Å²) in [5.41, 5.74) is 2.26. The Kier molecular flexibility index (Phi) is 5.35. The predicted octanol–water partition coefficient (Wildman–Crippen LogP) is 3.43. The van der Waals surface area contributed by atoms with Gasteiger partial charge in [-0.25, -0.2) is 0 Å². The van der Waals surface area contributed by atoms with Gasteiger partial charge in [0.25, 0.3) is 5.91 Å². The number of aryl methyl sites for hydroxylation is 1. The van der Waals surface area contributed by atoms with Gasteiger partial charge in [0.2, 0.25) is 0 Å². The third-order valence-electron chi connectivity index (χ3n) is 4.25. The van der Waals surface area contributed by atoms with Crippen molar-refractivity contribution >= 4 is 17.6 Å². The van der Waals surface area contributed by atoms with Crippen LogP contribution in [0.1, 0.15) is 31.4 Å². The van der Waals surface area contributed by atoms with Crippen molar-refractivity contribution in [2.75, 3.05) is 11.9 Å². The molecule has 1 heterocycles. The summed E-state index contributed by atoms with van der Waals surface area (Å²) in [6.07, 6.45) is 1.27. The fraction of sp³-hybridized carbons (Fsp3) is 0.333. The van der Waals surface area contributed by atoms with Gasteiger partial charge >= 0.3 is 5.97 Å². The number of hydrogen-bond donors (Lipinski definition) is 2. The Hall–Kier alpha value is -3.02. The molecule has 0 saturated heterocycles. The van der Waals surface area contributed by atoms with Crippen molar-refractivity contribution in [2.24, 2.45) is 0 Å². The molecular formula is C21H23NO5. The van der Waals surface area contributed by atoms with Gasteiger partial charge in [-0.05, 0) is 44.0 Å². The summed E-state index contributed by atoms with van der Waals surface area (Å²) >= 11 is 0. The molecule has 0 atom stereocenters. The first-order chi connectivity index (χ1) is 12.8. The number of aliphatic carboxylic acids is 1. The van der Waals surface area contributed by atoms with Crippen LogP contribution in [0.5, 0.6) is 11.5 Å². The molecule has 2 N–H and O–H groups in total. The maximum atomic E-state index is 12.2. The lowest BCUT2D eigenvalue weighted by atomic mass is 10.0.